The second-order valence-electron chi connectivity index (χ2n) is 3.85. The molecule has 0 aromatic carbocycles. The molecule has 1 aromatic heterocycles. The zero-order valence-electron chi connectivity index (χ0n) is 11.0. The average Bonchev–Trinajstić information content (AvgIpc) is 2.52. The van der Waals surface area contributed by atoms with Gasteiger partial charge in [0.15, 0.2) is 11.1 Å². The van der Waals surface area contributed by atoms with E-state index >= 15 is 0 Å². The van der Waals surface area contributed by atoms with Gasteiger partial charge in [0.25, 0.3) is 0 Å². The molecule has 6 N–H and O–H groups in total. The van der Waals surface area contributed by atoms with Crippen molar-refractivity contribution in [2.24, 2.45) is 23.5 Å². The number of nitrogens with zero attached hydrogens (tertiary/aromatic N) is 3. The van der Waals surface area contributed by atoms with Crippen molar-refractivity contribution in [2.45, 2.75) is 13.8 Å². The Morgan fingerprint density at radius 2 is 2.16 bits per heavy atom. The molecule has 0 unspecified atom stereocenters. The van der Waals surface area contributed by atoms with E-state index in [2.05, 4.69) is 15.4 Å². The number of nitrogens with two attached hydrogens (primary N) is 2. The summed E-state index contributed by atoms with van der Waals surface area (Å²) in [6.45, 7) is 3.68. The summed E-state index contributed by atoms with van der Waals surface area (Å²) in [7, 11) is 1.81. The molecule has 0 fully saturated rings. The number of carbonyl (C=O) groups excluding carboxylic acids is 1. The maximum Gasteiger partial charge on any atom is 0.234 e. The van der Waals surface area contributed by atoms with Crippen molar-refractivity contribution in [2.75, 3.05) is 11.1 Å². The minimum Gasteiger partial charge on any atom is -0.370 e. The number of hydrogen-bond acceptors (Lipinski definition) is 4. The number of aryl methyl sites for hydroxylation is 2. The summed E-state index contributed by atoms with van der Waals surface area (Å²) in [5.74, 6) is -0.375. The van der Waals surface area contributed by atoms with Crippen LogP contribution in [0.25, 0.3) is 0 Å². The van der Waals surface area contributed by atoms with Gasteiger partial charge in [0.05, 0.1) is 22.8 Å². The Morgan fingerprint density at radius 3 is 2.63 bits per heavy atom. The summed E-state index contributed by atoms with van der Waals surface area (Å²) in [5.41, 5.74) is 12.6. The minimum atomic E-state index is -0.236. The van der Waals surface area contributed by atoms with Crippen LogP contribution in [0, 0.1) is 19.3 Å². The van der Waals surface area contributed by atoms with E-state index in [0.717, 1.165) is 23.1 Å². The molecule has 1 aromatic rings. The Morgan fingerprint density at radius 1 is 1.53 bits per heavy atom. The average molecular weight is 283 g/mol. The molecule has 0 bridgehead atoms. The standard InChI is InChI=1S/C10H17N7OS/c1-5-8(6(2)17(3)16-5)14-7(18)4-19-10(13)15-9(11)12/h4H2,1-3H3,(H,14,18)(H5,11,12,13,15). The lowest BCUT2D eigenvalue weighted by molar-refractivity contribution is -0.113. The van der Waals surface area contributed by atoms with Gasteiger partial charge in [-0.05, 0) is 13.8 Å². The number of nitrogens with one attached hydrogen (secondary N) is 2. The lowest BCUT2D eigenvalue weighted by atomic mass is 10.3. The Labute approximate surface area is 115 Å². The van der Waals surface area contributed by atoms with Gasteiger partial charge in [-0.3, -0.25) is 14.9 Å². The van der Waals surface area contributed by atoms with Crippen LogP contribution in [0.1, 0.15) is 11.4 Å². The first-order valence-corrected chi connectivity index (χ1v) is 6.41. The summed E-state index contributed by atoms with van der Waals surface area (Å²) in [6.07, 6.45) is 0. The number of amides is 1. The van der Waals surface area contributed by atoms with Crippen LogP contribution < -0.4 is 16.8 Å². The molecule has 104 valence electrons. The van der Waals surface area contributed by atoms with Crippen LogP contribution in [0.5, 0.6) is 0 Å². The zero-order chi connectivity index (χ0) is 14.6. The molecule has 0 atom stereocenters. The van der Waals surface area contributed by atoms with E-state index in [4.69, 9.17) is 16.9 Å². The van der Waals surface area contributed by atoms with Gasteiger partial charge < -0.3 is 16.8 Å². The molecule has 8 nitrogen and oxygen atoms in total. The fraction of sp³-hybridized carbons (Fsp3) is 0.400. The second-order valence-corrected chi connectivity index (χ2v) is 4.81. The summed E-state index contributed by atoms with van der Waals surface area (Å²) < 4.78 is 1.69. The molecule has 1 rings (SSSR count). The SMILES string of the molecule is Cc1nn(C)c(C)c1NC(=O)CSC(=N)N=C(N)N. The quantitative estimate of drug-likeness (QED) is 0.454. The van der Waals surface area contributed by atoms with Crippen LogP contribution >= 0.6 is 11.8 Å². The molecular weight excluding hydrogens is 266 g/mol. The summed E-state index contributed by atoms with van der Waals surface area (Å²) in [4.78, 5) is 15.3. The van der Waals surface area contributed by atoms with Crippen LogP contribution in [0.2, 0.25) is 0 Å². The van der Waals surface area contributed by atoms with Crippen molar-refractivity contribution in [3.8, 4) is 0 Å². The van der Waals surface area contributed by atoms with E-state index in [1.165, 1.54) is 0 Å². The molecule has 0 aliphatic rings. The Balaban J connectivity index is 2.57. The number of aliphatic imine (C=N–C) groups is 1. The number of aromatic nitrogens is 2. The highest BCUT2D eigenvalue weighted by Crippen LogP contribution is 2.18. The fourth-order valence-corrected chi connectivity index (χ4v) is 1.92. The topological polar surface area (TPSA) is 135 Å². The maximum atomic E-state index is 11.7. The number of hydrogen-bond donors (Lipinski definition) is 4. The summed E-state index contributed by atoms with van der Waals surface area (Å²) >= 11 is 0.947. The normalized spacial score (nSPS) is 10.1. The zero-order valence-corrected chi connectivity index (χ0v) is 11.8. The number of amidine groups is 1. The van der Waals surface area contributed by atoms with E-state index in [0.29, 0.717) is 5.69 Å². The smallest absolute Gasteiger partial charge is 0.234 e. The molecule has 0 aliphatic heterocycles. The van der Waals surface area contributed by atoms with Crippen LogP contribution in [-0.4, -0.2) is 32.6 Å². The molecule has 0 radical (unpaired) electrons. The number of guanidine groups is 1. The van der Waals surface area contributed by atoms with Crippen LogP contribution in [0.4, 0.5) is 5.69 Å². The second kappa shape index (κ2) is 6.23. The first kappa shape index (κ1) is 15.0. The summed E-state index contributed by atoms with van der Waals surface area (Å²) in [6, 6.07) is 0. The van der Waals surface area contributed by atoms with Crippen molar-refractivity contribution in [1.82, 2.24) is 9.78 Å². The van der Waals surface area contributed by atoms with Gasteiger partial charge in [-0.25, -0.2) is 0 Å². The van der Waals surface area contributed by atoms with Crippen LogP contribution in [-0.2, 0) is 11.8 Å². The largest absolute Gasteiger partial charge is 0.370 e. The van der Waals surface area contributed by atoms with Crippen LogP contribution in [0.3, 0.4) is 0 Å². The van der Waals surface area contributed by atoms with Crippen molar-refractivity contribution >= 4 is 34.5 Å². The van der Waals surface area contributed by atoms with E-state index in [9.17, 15) is 4.79 Å². The molecule has 9 heteroatoms. The number of rotatable bonds is 3. The third kappa shape index (κ3) is 4.28. The maximum absolute atomic E-state index is 11.7. The van der Waals surface area contributed by atoms with Gasteiger partial charge in [0, 0.05) is 7.05 Å². The third-order valence-corrected chi connectivity index (χ3v) is 3.12. The monoisotopic (exact) mass is 283 g/mol. The Bertz CT molecular complexity index is 530. The van der Waals surface area contributed by atoms with Gasteiger partial charge in [-0.15, -0.1) is 0 Å². The molecule has 0 spiro atoms. The highest BCUT2D eigenvalue weighted by Gasteiger charge is 2.12. The van der Waals surface area contributed by atoms with Crippen LogP contribution in [0.15, 0.2) is 4.99 Å². The molecule has 0 saturated carbocycles. The van der Waals surface area contributed by atoms with Gasteiger partial charge in [0.2, 0.25) is 5.91 Å². The van der Waals surface area contributed by atoms with Crippen molar-refractivity contribution < 1.29 is 4.79 Å². The lowest BCUT2D eigenvalue weighted by Crippen LogP contribution is -2.24. The molecule has 0 aliphatic carbocycles. The first-order chi connectivity index (χ1) is 8.81. The predicted octanol–water partition coefficient (Wildman–Crippen LogP) is -0.0832. The Hall–Kier alpha value is -2.03. The highest BCUT2D eigenvalue weighted by atomic mass is 32.2. The van der Waals surface area contributed by atoms with E-state index < -0.39 is 0 Å². The van der Waals surface area contributed by atoms with Gasteiger partial charge in [-0.1, -0.05) is 11.8 Å². The van der Waals surface area contributed by atoms with E-state index in [1.807, 2.05) is 13.8 Å². The van der Waals surface area contributed by atoms with Gasteiger partial charge in [0.1, 0.15) is 0 Å². The molecule has 0 saturated heterocycles. The molecular formula is C10H17N7OS. The van der Waals surface area contributed by atoms with Gasteiger partial charge in [-0.2, -0.15) is 10.1 Å². The Kier molecular flexibility index (Phi) is 4.93. The highest BCUT2D eigenvalue weighted by molar-refractivity contribution is 8.14. The lowest BCUT2D eigenvalue weighted by Gasteiger charge is -2.05. The first-order valence-electron chi connectivity index (χ1n) is 5.42. The molecule has 1 amide bonds. The third-order valence-electron chi connectivity index (χ3n) is 2.34. The van der Waals surface area contributed by atoms with Crippen molar-refractivity contribution in [1.29, 1.82) is 5.41 Å². The van der Waals surface area contributed by atoms with Crippen molar-refractivity contribution in [3.63, 3.8) is 0 Å². The minimum absolute atomic E-state index is 0.0589. The van der Waals surface area contributed by atoms with E-state index in [-0.39, 0.29) is 22.8 Å². The van der Waals surface area contributed by atoms with Crippen molar-refractivity contribution in [3.05, 3.63) is 11.4 Å². The predicted molar refractivity (Wildman–Crippen MR) is 77.3 cm³/mol. The summed E-state index contributed by atoms with van der Waals surface area (Å²) in [5, 5.41) is 14.3. The number of anilines is 1. The number of thioether (sulfide) groups is 1. The van der Waals surface area contributed by atoms with Gasteiger partial charge >= 0.3 is 0 Å². The molecule has 19 heavy (non-hydrogen) atoms. The molecule has 1 heterocycles. The fourth-order valence-electron chi connectivity index (χ4n) is 1.41. The van der Waals surface area contributed by atoms with E-state index in [1.54, 1.807) is 11.7 Å². The number of carbonyl (C=O) groups is 1.